The van der Waals surface area contributed by atoms with Gasteiger partial charge in [-0.25, -0.2) is 0 Å². The fraction of sp³-hybridized carbons (Fsp3) is 0.0909. The Hall–Kier alpha value is -1.50. The van der Waals surface area contributed by atoms with Gasteiger partial charge in [-0.1, -0.05) is 42.5 Å². The third-order valence-corrected chi connectivity index (χ3v) is 1.73. The van der Waals surface area contributed by atoms with Crippen molar-refractivity contribution in [3.8, 4) is 0 Å². The van der Waals surface area contributed by atoms with Gasteiger partial charge in [0.15, 0.2) is 1.41 Å². The minimum Gasteiger partial charge on any atom is -0.381 e. The first-order valence-electron chi connectivity index (χ1n) is 4.88. The van der Waals surface area contributed by atoms with Gasteiger partial charge in [0.1, 0.15) is 0 Å². The zero-order chi connectivity index (χ0) is 10.0. The topological polar surface area (TPSA) is 12.0 Å². The maximum absolute atomic E-state index is 8.17. The van der Waals surface area contributed by atoms with Crippen LogP contribution in [0.5, 0.6) is 0 Å². The molecule has 60 valence electrons. The second kappa shape index (κ2) is 3.26. The summed E-state index contributed by atoms with van der Waals surface area (Å²) >= 11 is 0. The molecule has 1 nitrogen and oxygen atoms in total. The summed E-state index contributed by atoms with van der Waals surface area (Å²) in [6.07, 6.45) is 6.84. The van der Waals surface area contributed by atoms with E-state index in [1.807, 2.05) is 30.3 Å². The van der Waals surface area contributed by atoms with Gasteiger partial charge in [0.2, 0.25) is 0 Å². The number of dihydropyridines is 1. The van der Waals surface area contributed by atoms with Crippen LogP contribution in [0.3, 0.4) is 0 Å². The highest BCUT2D eigenvalue weighted by atomic mass is 14.9. The van der Waals surface area contributed by atoms with Gasteiger partial charge in [0.05, 0.1) is 7.39 Å². The maximum atomic E-state index is 8.17. The third kappa shape index (κ3) is 1.40. The lowest BCUT2D eigenvalue weighted by molar-refractivity contribution is 0.746. The van der Waals surface area contributed by atoms with Crippen molar-refractivity contribution in [3.63, 3.8) is 0 Å². The van der Waals surface area contributed by atoms with E-state index in [0.717, 1.165) is 10.9 Å². The number of hydrogen-bond donors (Lipinski definition) is 1. The highest BCUT2D eigenvalue weighted by molar-refractivity contribution is 5.26. The summed E-state index contributed by atoms with van der Waals surface area (Å²) in [7, 11) is 0. The van der Waals surface area contributed by atoms with Gasteiger partial charge in [-0.2, -0.15) is 0 Å². The van der Waals surface area contributed by atoms with Crippen molar-refractivity contribution in [2.24, 2.45) is 0 Å². The lowest BCUT2D eigenvalue weighted by atomic mass is 10.1. The van der Waals surface area contributed by atoms with Crippen LogP contribution in [-0.2, 0) is 0 Å². The van der Waals surface area contributed by atoms with E-state index in [1.165, 1.54) is 0 Å². The lowest BCUT2D eigenvalue weighted by Gasteiger charge is -2.15. The first-order valence-corrected chi connectivity index (χ1v) is 3.93. The molecule has 1 heterocycles. The third-order valence-electron chi connectivity index (χ3n) is 1.73. The predicted molar refractivity (Wildman–Crippen MR) is 50.6 cm³/mol. The smallest absolute Gasteiger partial charge is 0.160 e. The summed E-state index contributed by atoms with van der Waals surface area (Å²) in [6.45, 7) is 0. The van der Waals surface area contributed by atoms with Crippen molar-refractivity contribution in [1.82, 2.24) is 5.31 Å². The Morgan fingerprint density at radius 1 is 1.25 bits per heavy atom. The largest absolute Gasteiger partial charge is 0.381 e. The van der Waals surface area contributed by atoms with Crippen molar-refractivity contribution in [1.29, 1.82) is 0 Å². The van der Waals surface area contributed by atoms with Gasteiger partial charge >= 0.3 is 0 Å². The molecule has 0 aliphatic carbocycles. The van der Waals surface area contributed by atoms with E-state index in [4.69, 9.17) is 2.78 Å². The van der Waals surface area contributed by atoms with Gasteiger partial charge in [-0.15, -0.1) is 0 Å². The van der Waals surface area contributed by atoms with Crippen molar-refractivity contribution < 1.29 is 2.78 Å². The van der Waals surface area contributed by atoms with E-state index in [0.29, 0.717) is 0 Å². The fourth-order valence-corrected chi connectivity index (χ4v) is 1.14. The van der Waals surface area contributed by atoms with Crippen molar-refractivity contribution in [2.75, 3.05) is 0 Å². The van der Waals surface area contributed by atoms with E-state index in [1.54, 1.807) is 24.4 Å². The minimum atomic E-state index is -1.09. The summed E-state index contributed by atoms with van der Waals surface area (Å²) in [6, 6.07) is 8.30. The van der Waals surface area contributed by atoms with Gasteiger partial charge < -0.3 is 5.31 Å². The average molecular weight is 159 g/mol. The number of allylic oxidation sites excluding steroid dienone is 2. The monoisotopic (exact) mass is 159 g/mol. The Kier molecular flexibility index (Phi) is 1.41. The van der Waals surface area contributed by atoms with Crippen LogP contribution in [0.4, 0.5) is 0 Å². The van der Waals surface area contributed by atoms with Crippen LogP contribution in [0.15, 0.2) is 54.8 Å². The van der Waals surface area contributed by atoms with E-state index < -0.39 is 6.02 Å². The van der Waals surface area contributed by atoms with Crippen LogP contribution >= 0.6 is 0 Å². The molecule has 0 amide bonds. The number of nitrogens with one attached hydrogen (secondary N) is 1. The van der Waals surface area contributed by atoms with E-state index in [-0.39, 0.29) is 0 Å². The molecule has 0 saturated heterocycles. The molecule has 0 saturated carbocycles. The summed E-state index contributed by atoms with van der Waals surface area (Å²) in [4.78, 5) is 0. The molecule has 12 heavy (non-hydrogen) atoms. The Bertz CT molecular complexity index is 372. The molecule has 1 aliphatic heterocycles. The summed E-state index contributed by atoms with van der Waals surface area (Å²) < 4.78 is 15.8. The molecule has 0 radical (unpaired) electrons. The molecule has 0 spiro atoms. The highest BCUT2D eigenvalue weighted by Crippen LogP contribution is 2.15. The Labute approximate surface area is 75.3 Å². The van der Waals surface area contributed by atoms with Crippen molar-refractivity contribution >= 4 is 0 Å². The highest BCUT2D eigenvalue weighted by Gasteiger charge is 2.04. The molecule has 0 aromatic heterocycles. The van der Waals surface area contributed by atoms with Gasteiger partial charge in [0.25, 0.3) is 0 Å². The zero-order valence-corrected chi connectivity index (χ0v) is 6.64. The maximum Gasteiger partial charge on any atom is 0.160 e. The zero-order valence-electron chi connectivity index (χ0n) is 8.64. The minimum absolute atomic E-state index is 0.801. The molecule has 1 heteroatoms. The Morgan fingerprint density at radius 2 is 2.08 bits per heavy atom. The van der Waals surface area contributed by atoms with Crippen molar-refractivity contribution in [2.45, 2.75) is 6.02 Å². The Morgan fingerprint density at radius 3 is 2.83 bits per heavy atom. The molecule has 1 aliphatic rings. The summed E-state index contributed by atoms with van der Waals surface area (Å²) in [5, 5.41) is 1.14. The first-order chi connectivity index (χ1) is 6.73. The predicted octanol–water partition coefficient (Wildman–Crippen LogP) is 2.40. The average Bonchev–Trinajstić information content (AvgIpc) is 2.24. The van der Waals surface area contributed by atoms with E-state index in [9.17, 15) is 0 Å². The molecule has 1 aromatic rings. The van der Waals surface area contributed by atoms with Crippen LogP contribution in [0.2, 0.25) is 1.41 Å². The molecule has 1 N–H and O–H groups in total. The normalized spacial score (nSPS) is 29.8. The van der Waals surface area contributed by atoms with Crippen LogP contribution in [0.25, 0.3) is 0 Å². The standard InChI is InChI=1S/C11H11N/c1-2-6-10(7-3-1)11-8-4-5-9-12-11/h1-9,11-12H/i11D/hD. The lowest BCUT2D eigenvalue weighted by Crippen LogP contribution is -2.14. The fourth-order valence-electron chi connectivity index (χ4n) is 1.14. The molecule has 1 unspecified atom stereocenters. The Balaban J connectivity index is 2.42. The molecular weight excluding hydrogens is 146 g/mol. The summed E-state index contributed by atoms with van der Waals surface area (Å²) in [5.74, 6) is 0. The van der Waals surface area contributed by atoms with Gasteiger partial charge in [0, 0.05) is 0 Å². The van der Waals surface area contributed by atoms with Crippen LogP contribution in [-0.4, -0.2) is 0 Å². The first kappa shape index (κ1) is 5.20. The van der Waals surface area contributed by atoms with Crippen molar-refractivity contribution in [3.05, 3.63) is 60.3 Å². The number of benzene rings is 1. The molecule has 1 aromatic carbocycles. The molecular formula is C11H11N. The molecule has 2 rings (SSSR count). The van der Waals surface area contributed by atoms with E-state index >= 15 is 0 Å². The summed E-state index contributed by atoms with van der Waals surface area (Å²) in [5.41, 5.74) is 0.801. The second-order valence-corrected chi connectivity index (χ2v) is 2.58. The van der Waals surface area contributed by atoms with Crippen LogP contribution < -0.4 is 5.31 Å². The van der Waals surface area contributed by atoms with Crippen LogP contribution in [0.1, 0.15) is 13.0 Å². The van der Waals surface area contributed by atoms with Gasteiger partial charge in [-0.3, -0.25) is 0 Å². The van der Waals surface area contributed by atoms with Gasteiger partial charge in [-0.05, 0) is 17.8 Å². The van der Waals surface area contributed by atoms with E-state index in [2.05, 4.69) is 0 Å². The SMILES string of the molecule is [2H]N1C=CC=CC1([2H])c1ccccc1. The number of rotatable bonds is 1. The molecule has 0 bridgehead atoms. The number of hydrogen-bond acceptors (Lipinski definition) is 1. The quantitative estimate of drug-likeness (QED) is 0.663. The second-order valence-electron chi connectivity index (χ2n) is 2.58. The molecule has 1 atom stereocenters. The molecule has 0 fully saturated rings. The van der Waals surface area contributed by atoms with Crippen LogP contribution in [0, 0.1) is 0 Å².